The van der Waals surface area contributed by atoms with E-state index in [1.165, 1.54) is 83.5 Å². The summed E-state index contributed by atoms with van der Waals surface area (Å²) in [5.41, 5.74) is 0. The van der Waals surface area contributed by atoms with Crippen molar-refractivity contribution in [2.75, 3.05) is 39.6 Å². The van der Waals surface area contributed by atoms with Crippen LogP contribution in [0.4, 0.5) is 0 Å². The third kappa shape index (κ3) is 81.7. The second-order valence-corrected chi connectivity index (χ2v) is 30.1. The molecule has 16 nitrogen and oxygen atoms in total. The van der Waals surface area contributed by atoms with Crippen LogP contribution in [0.2, 0.25) is 0 Å². The zero-order valence-corrected chi connectivity index (χ0v) is 68.5. The van der Waals surface area contributed by atoms with Gasteiger partial charge in [0.15, 0.2) is 6.10 Å². The first-order valence-electron chi connectivity index (χ1n) is 41.4. The van der Waals surface area contributed by atoms with Crippen LogP contribution in [0, 0.1) is 0 Å². The standard InChI is InChI=1S/C89H148O16P2/c1-4-7-10-13-16-19-22-25-28-31-33-35-37-39-40-41-42-44-46-47-49-52-54-57-60-63-66-69-72-75-87(92)99-78-84(90)79-101-106(95,96)102-80-85(91)81-103-107(97,98)104-83-86(105-89(94)77-74-71-68-65-62-59-56-51-30-27-24-21-18-15-12-9-6-3)82-100-88(93)76-73-70-67-64-61-58-55-53-50-48-45-43-38-36-34-32-29-26-23-20-17-14-11-8-5-2/h7,9-10,12,16-21,25-30,33-36,39-40,42-45,56,59,84-86,90-91H,4-6,8,11,13-15,22-24,31-32,37-38,41,46-55,57-58,60-83H2,1-3H3,(H,95,96)(H,97,98)/b10-7-,12-9-,19-16-,20-17-,21-18-,28-25-,29-26-,30-27-,35-33-,36-34-,40-39-,44-42-,45-43-,59-56-. The number of carbonyl (C=O) groups is 3. The summed E-state index contributed by atoms with van der Waals surface area (Å²) < 4.78 is 61.2. The van der Waals surface area contributed by atoms with E-state index in [0.717, 1.165) is 173 Å². The quantitative estimate of drug-likeness (QED) is 0.0146. The highest BCUT2D eigenvalue weighted by Gasteiger charge is 2.29. The summed E-state index contributed by atoms with van der Waals surface area (Å²) in [5.74, 6) is -1.62. The highest BCUT2D eigenvalue weighted by molar-refractivity contribution is 7.47. The maximum Gasteiger partial charge on any atom is 0.472 e. The molecule has 0 saturated heterocycles. The van der Waals surface area contributed by atoms with Crippen LogP contribution in [0.1, 0.15) is 316 Å². The van der Waals surface area contributed by atoms with Crippen molar-refractivity contribution in [3.05, 3.63) is 170 Å². The average molecular weight is 1540 g/mol. The molecule has 610 valence electrons. The third-order valence-electron chi connectivity index (χ3n) is 16.9. The molecule has 0 saturated carbocycles. The van der Waals surface area contributed by atoms with Gasteiger partial charge in [-0.2, -0.15) is 0 Å². The van der Waals surface area contributed by atoms with Crippen LogP contribution in [0.15, 0.2) is 170 Å². The van der Waals surface area contributed by atoms with Gasteiger partial charge in [0.05, 0.1) is 26.4 Å². The van der Waals surface area contributed by atoms with Gasteiger partial charge in [0.2, 0.25) is 0 Å². The van der Waals surface area contributed by atoms with Crippen molar-refractivity contribution in [1.29, 1.82) is 0 Å². The van der Waals surface area contributed by atoms with Crippen molar-refractivity contribution >= 4 is 33.6 Å². The predicted octanol–water partition coefficient (Wildman–Crippen LogP) is 24.8. The van der Waals surface area contributed by atoms with E-state index in [-0.39, 0.29) is 19.3 Å². The number of phosphoric ester groups is 2. The summed E-state index contributed by atoms with van der Waals surface area (Å²) in [5, 5.41) is 20.7. The normalized spacial score (nSPS) is 14.8. The Labute approximate surface area is 650 Å². The summed E-state index contributed by atoms with van der Waals surface area (Å²) in [6, 6.07) is 0. The molecule has 0 aliphatic heterocycles. The minimum atomic E-state index is -4.95. The van der Waals surface area contributed by atoms with Gasteiger partial charge in [-0.1, -0.05) is 313 Å². The number of hydrogen-bond acceptors (Lipinski definition) is 14. The van der Waals surface area contributed by atoms with Crippen LogP contribution >= 0.6 is 15.6 Å². The van der Waals surface area contributed by atoms with Crippen LogP contribution in [0.3, 0.4) is 0 Å². The fraction of sp³-hybridized carbons (Fsp3) is 0.652. The Morgan fingerprint density at radius 1 is 0.271 bits per heavy atom. The van der Waals surface area contributed by atoms with Gasteiger partial charge in [-0.3, -0.25) is 32.5 Å². The van der Waals surface area contributed by atoms with E-state index < -0.39 is 91.5 Å². The molecule has 0 bridgehead atoms. The van der Waals surface area contributed by atoms with Gasteiger partial charge in [0.1, 0.15) is 25.4 Å². The highest BCUT2D eigenvalue weighted by Crippen LogP contribution is 2.45. The fourth-order valence-electron chi connectivity index (χ4n) is 10.7. The van der Waals surface area contributed by atoms with Gasteiger partial charge < -0.3 is 34.2 Å². The Morgan fingerprint density at radius 2 is 0.495 bits per heavy atom. The van der Waals surface area contributed by atoms with Crippen LogP contribution in [-0.4, -0.2) is 95.9 Å². The van der Waals surface area contributed by atoms with Crippen LogP contribution in [-0.2, 0) is 55.8 Å². The molecule has 0 aliphatic rings. The molecule has 107 heavy (non-hydrogen) atoms. The molecule has 0 aromatic heterocycles. The van der Waals surface area contributed by atoms with E-state index >= 15 is 0 Å². The second-order valence-electron chi connectivity index (χ2n) is 27.2. The number of carbonyl (C=O) groups excluding carboxylic acids is 3. The number of allylic oxidation sites excluding steroid dienone is 28. The summed E-state index contributed by atoms with van der Waals surface area (Å²) in [7, 11) is -9.82. The smallest absolute Gasteiger partial charge is 0.463 e. The molecule has 0 rings (SSSR count). The van der Waals surface area contributed by atoms with Crippen molar-refractivity contribution in [2.45, 2.75) is 334 Å². The Morgan fingerprint density at radius 3 is 0.785 bits per heavy atom. The maximum absolute atomic E-state index is 13.0. The topological polar surface area (TPSA) is 231 Å². The summed E-state index contributed by atoms with van der Waals surface area (Å²) >= 11 is 0. The lowest BCUT2D eigenvalue weighted by Gasteiger charge is -2.21. The van der Waals surface area contributed by atoms with Crippen molar-refractivity contribution in [3.63, 3.8) is 0 Å². The van der Waals surface area contributed by atoms with Gasteiger partial charge in [-0.05, 0) is 154 Å². The van der Waals surface area contributed by atoms with E-state index in [0.29, 0.717) is 19.3 Å². The number of esters is 3. The van der Waals surface area contributed by atoms with Gasteiger partial charge >= 0.3 is 33.6 Å². The van der Waals surface area contributed by atoms with E-state index in [2.05, 4.69) is 191 Å². The van der Waals surface area contributed by atoms with Gasteiger partial charge in [0.25, 0.3) is 0 Å². The Kier molecular flexibility index (Phi) is 76.6. The zero-order valence-electron chi connectivity index (χ0n) is 66.7. The molecule has 0 aromatic carbocycles. The largest absolute Gasteiger partial charge is 0.472 e. The molecule has 0 heterocycles. The number of hydrogen-bond donors (Lipinski definition) is 4. The summed E-state index contributed by atoms with van der Waals surface area (Å²) in [4.78, 5) is 58.8. The van der Waals surface area contributed by atoms with Gasteiger partial charge in [0, 0.05) is 19.3 Å². The molecule has 0 aliphatic carbocycles. The molecular formula is C89H148O16P2. The van der Waals surface area contributed by atoms with Gasteiger partial charge in [-0.15, -0.1) is 0 Å². The molecular weight excluding hydrogens is 1390 g/mol. The molecule has 0 amide bonds. The predicted molar refractivity (Wildman–Crippen MR) is 445 cm³/mol. The molecule has 0 fully saturated rings. The van der Waals surface area contributed by atoms with E-state index in [1.54, 1.807) is 0 Å². The van der Waals surface area contributed by atoms with Crippen LogP contribution in [0.5, 0.6) is 0 Å². The summed E-state index contributed by atoms with van der Waals surface area (Å²) in [6.07, 6.45) is 102. The first-order valence-corrected chi connectivity index (χ1v) is 44.4. The van der Waals surface area contributed by atoms with Crippen molar-refractivity contribution in [1.82, 2.24) is 0 Å². The lowest BCUT2D eigenvalue weighted by Crippen LogP contribution is -2.30. The molecule has 5 unspecified atom stereocenters. The fourth-order valence-corrected chi connectivity index (χ4v) is 12.3. The molecule has 18 heteroatoms. The third-order valence-corrected chi connectivity index (χ3v) is 18.8. The Hall–Kier alpha value is -5.09. The Balaban J connectivity index is 4.61. The number of phosphoric acid groups is 2. The first-order chi connectivity index (χ1) is 52.2. The van der Waals surface area contributed by atoms with E-state index in [4.69, 9.17) is 32.3 Å². The maximum atomic E-state index is 13.0. The van der Waals surface area contributed by atoms with Crippen molar-refractivity contribution < 1.29 is 75.8 Å². The molecule has 0 aromatic rings. The zero-order chi connectivity index (χ0) is 78.0. The first kappa shape index (κ1) is 102. The number of unbranched alkanes of at least 4 members (excludes halogenated alkanes) is 26. The van der Waals surface area contributed by atoms with Crippen molar-refractivity contribution in [3.8, 4) is 0 Å². The minimum Gasteiger partial charge on any atom is -0.463 e. The van der Waals surface area contributed by atoms with E-state index in [1.807, 2.05) is 0 Å². The molecule has 0 spiro atoms. The van der Waals surface area contributed by atoms with E-state index in [9.17, 15) is 43.5 Å². The summed E-state index contributed by atoms with van der Waals surface area (Å²) in [6.45, 7) is 2.39. The molecule has 4 N–H and O–H groups in total. The van der Waals surface area contributed by atoms with Crippen molar-refractivity contribution in [2.24, 2.45) is 0 Å². The minimum absolute atomic E-state index is 0.0701. The monoisotopic (exact) mass is 1540 g/mol. The number of ether oxygens (including phenoxy) is 3. The lowest BCUT2D eigenvalue weighted by atomic mass is 10.1. The molecule has 0 radical (unpaired) electrons. The van der Waals surface area contributed by atoms with Crippen LogP contribution < -0.4 is 0 Å². The highest BCUT2D eigenvalue weighted by atomic mass is 31.2. The Bertz CT molecular complexity index is 2620. The number of aliphatic hydroxyl groups is 2. The second kappa shape index (κ2) is 80.4. The van der Waals surface area contributed by atoms with Gasteiger partial charge in [-0.25, -0.2) is 9.13 Å². The van der Waals surface area contributed by atoms with Crippen LogP contribution in [0.25, 0.3) is 0 Å². The molecule has 5 atom stereocenters. The SMILES string of the molecule is CC/C=C\C/C=C\C/C=C\C/C=C\C/C=C\C/C=C\CCCCCCCCCCCCC(=O)OCC(O)COP(=O)(O)OCC(O)COP(=O)(O)OCC(COC(=O)CCCCCCCCCCC/C=C\C/C=C\C/C=C\C/C=C\CCCCC)OC(=O)CCCCCC/C=C\C/C=C\C/C=C\C/C=C\CC. The number of aliphatic hydroxyl groups excluding tert-OH is 2. The number of rotatable bonds is 77. The average Bonchev–Trinajstić information content (AvgIpc) is 0.908. The lowest BCUT2D eigenvalue weighted by molar-refractivity contribution is -0.161.